The second kappa shape index (κ2) is 16.3. The average Bonchev–Trinajstić information content (AvgIpc) is 3.09. The highest BCUT2D eigenvalue weighted by Gasteiger charge is 2.35. The molecule has 48 heavy (non-hydrogen) atoms. The largest absolute Gasteiger partial charge is 0.493 e. The molecule has 2 atom stereocenters. The van der Waals surface area contributed by atoms with Crippen molar-refractivity contribution < 1.29 is 27.5 Å². The number of carbonyl (C=O) groups excluding carboxylic acids is 2. The molecule has 0 aliphatic rings. The number of rotatable bonds is 15. The minimum Gasteiger partial charge on any atom is -0.493 e. The van der Waals surface area contributed by atoms with E-state index in [0.717, 1.165) is 26.6 Å². The van der Waals surface area contributed by atoms with E-state index in [1.807, 2.05) is 82.3 Å². The molecule has 4 aromatic carbocycles. The lowest BCUT2D eigenvalue weighted by Crippen LogP contribution is -2.54. The number of nitrogens with one attached hydrogen (secondary N) is 1. The Morgan fingerprint density at radius 2 is 1.46 bits per heavy atom. The first kappa shape index (κ1) is 36.0. The number of ether oxygens (including phenoxy) is 2. The molecule has 1 N–H and O–H groups in total. The Hall–Kier alpha value is -4.83. The molecule has 0 fully saturated rings. The first-order chi connectivity index (χ1) is 23.0. The van der Waals surface area contributed by atoms with Crippen LogP contribution in [0.2, 0.25) is 0 Å². The van der Waals surface area contributed by atoms with Crippen molar-refractivity contribution in [1.82, 2.24) is 10.2 Å². The summed E-state index contributed by atoms with van der Waals surface area (Å²) in [6.45, 7) is 7.30. The van der Waals surface area contributed by atoms with Gasteiger partial charge in [0, 0.05) is 25.1 Å². The minimum absolute atomic E-state index is 0.0749. The van der Waals surface area contributed by atoms with Gasteiger partial charge in [-0.05, 0) is 62.6 Å². The van der Waals surface area contributed by atoms with Gasteiger partial charge in [0.05, 0.1) is 24.8 Å². The van der Waals surface area contributed by atoms with Crippen LogP contribution in [0.5, 0.6) is 11.5 Å². The van der Waals surface area contributed by atoms with E-state index in [1.54, 1.807) is 24.3 Å². The summed E-state index contributed by atoms with van der Waals surface area (Å²) in [4.78, 5) is 30.1. The van der Waals surface area contributed by atoms with Gasteiger partial charge in [0.25, 0.3) is 10.0 Å². The van der Waals surface area contributed by atoms with Gasteiger partial charge in [-0.2, -0.15) is 0 Å². The molecular weight excluding hydrogens is 627 g/mol. The van der Waals surface area contributed by atoms with Crippen LogP contribution in [0.3, 0.4) is 0 Å². The Bertz CT molecular complexity index is 1800. The van der Waals surface area contributed by atoms with Crippen molar-refractivity contribution in [2.24, 2.45) is 0 Å². The summed E-state index contributed by atoms with van der Waals surface area (Å²) in [5.74, 6) is -0.227. The smallest absolute Gasteiger partial charge is 0.264 e. The standard InChI is InChI=1S/C38H45N3O6S/c1-7-29(4)39-38(43)34(23-30-13-9-8-10-14-30)40(25-31-15-11-12-28(3)22-31)37(42)26-41(32-18-16-27(2)17-19-32)48(44,45)33-20-21-35(46-5)36(24-33)47-6/h8-22,24,29,34H,7,23,25-26H2,1-6H3,(H,39,43)/t29-,34+/m0/s1. The Morgan fingerprint density at radius 1 is 0.792 bits per heavy atom. The predicted molar refractivity (Wildman–Crippen MR) is 189 cm³/mol. The number of hydrogen-bond donors (Lipinski definition) is 1. The summed E-state index contributed by atoms with van der Waals surface area (Å²) >= 11 is 0. The third-order valence-corrected chi connectivity index (χ3v) is 10.0. The molecule has 0 aliphatic heterocycles. The van der Waals surface area contributed by atoms with Crippen LogP contribution in [0, 0.1) is 13.8 Å². The second-order valence-electron chi connectivity index (χ2n) is 11.9. The first-order valence-corrected chi connectivity index (χ1v) is 17.4. The number of sulfonamides is 1. The second-order valence-corrected chi connectivity index (χ2v) is 13.8. The Kier molecular flexibility index (Phi) is 12.2. The monoisotopic (exact) mass is 671 g/mol. The Balaban J connectivity index is 1.83. The van der Waals surface area contributed by atoms with Crippen LogP contribution in [0.1, 0.15) is 42.5 Å². The molecule has 0 heterocycles. The van der Waals surface area contributed by atoms with E-state index in [4.69, 9.17) is 9.47 Å². The zero-order valence-electron chi connectivity index (χ0n) is 28.5. The van der Waals surface area contributed by atoms with Gasteiger partial charge < -0.3 is 19.7 Å². The Labute approximate surface area is 284 Å². The van der Waals surface area contributed by atoms with Crippen LogP contribution in [0.25, 0.3) is 0 Å². The van der Waals surface area contributed by atoms with Gasteiger partial charge in [-0.15, -0.1) is 0 Å². The number of methoxy groups -OCH3 is 2. The maximum Gasteiger partial charge on any atom is 0.264 e. The molecule has 2 amide bonds. The number of anilines is 1. The maximum absolute atomic E-state index is 14.7. The van der Waals surface area contributed by atoms with E-state index in [-0.39, 0.29) is 35.6 Å². The molecule has 0 aliphatic carbocycles. The minimum atomic E-state index is -4.31. The summed E-state index contributed by atoms with van der Waals surface area (Å²) in [5, 5.41) is 3.06. The number of nitrogens with zero attached hydrogens (tertiary/aromatic N) is 2. The average molecular weight is 672 g/mol. The summed E-state index contributed by atoms with van der Waals surface area (Å²) in [7, 11) is -1.42. The predicted octanol–water partition coefficient (Wildman–Crippen LogP) is 6.07. The third kappa shape index (κ3) is 8.95. The molecule has 0 aromatic heterocycles. The molecule has 0 saturated heterocycles. The zero-order valence-corrected chi connectivity index (χ0v) is 29.3. The van der Waals surface area contributed by atoms with Crippen LogP contribution in [-0.4, -0.2) is 58.0 Å². The van der Waals surface area contributed by atoms with E-state index in [0.29, 0.717) is 17.9 Å². The summed E-state index contributed by atoms with van der Waals surface area (Å²) in [6.07, 6.45) is 0.952. The molecule has 0 radical (unpaired) electrons. The molecule has 0 spiro atoms. The van der Waals surface area contributed by atoms with E-state index < -0.39 is 28.5 Å². The number of carbonyl (C=O) groups is 2. The van der Waals surface area contributed by atoms with Crippen LogP contribution in [-0.2, 0) is 32.6 Å². The molecule has 4 aromatic rings. The SMILES string of the molecule is CC[C@H](C)NC(=O)[C@@H](Cc1ccccc1)N(Cc1cccc(C)c1)C(=O)CN(c1ccc(C)cc1)S(=O)(=O)c1ccc(OC)c(OC)c1. The van der Waals surface area contributed by atoms with E-state index in [2.05, 4.69) is 5.32 Å². The highest BCUT2D eigenvalue weighted by atomic mass is 32.2. The molecule has 4 rings (SSSR count). The fourth-order valence-electron chi connectivity index (χ4n) is 5.35. The number of hydrogen-bond acceptors (Lipinski definition) is 6. The van der Waals surface area contributed by atoms with E-state index in [1.165, 1.54) is 37.3 Å². The van der Waals surface area contributed by atoms with Crippen LogP contribution in [0.4, 0.5) is 5.69 Å². The third-order valence-electron chi connectivity index (χ3n) is 8.25. The Morgan fingerprint density at radius 3 is 2.08 bits per heavy atom. The molecule has 9 nitrogen and oxygen atoms in total. The highest BCUT2D eigenvalue weighted by Crippen LogP contribution is 2.32. The van der Waals surface area contributed by atoms with Crippen molar-refractivity contribution in [3.8, 4) is 11.5 Å². The molecular formula is C38H45N3O6S. The normalized spacial score (nSPS) is 12.5. The van der Waals surface area contributed by atoms with Crippen molar-refractivity contribution in [2.45, 2.75) is 64.1 Å². The van der Waals surface area contributed by atoms with Crippen molar-refractivity contribution in [3.63, 3.8) is 0 Å². The quantitative estimate of drug-likeness (QED) is 0.165. The number of benzene rings is 4. The first-order valence-electron chi connectivity index (χ1n) is 16.0. The summed E-state index contributed by atoms with van der Waals surface area (Å²) in [6, 6.07) is 27.4. The van der Waals surface area contributed by atoms with Gasteiger partial charge in [0.2, 0.25) is 11.8 Å². The van der Waals surface area contributed by atoms with Crippen LogP contribution in [0.15, 0.2) is 102 Å². The van der Waals surface area contributed by atoms with E-state index in [9.17, 15) is 18.0 Å². The van der Waals surface area contributed by atoms with Crippen molar-refractivity contribution >= 4 is 27.5 Å². The molecule has 254 valence electrons. The van der Waals surface area contributed by atoms with Crippen molar-refractivity contribution in [1.29, 1.82) is 0 Å². The van der Waals surface area contributed by atoms with Gasteiger partial charge in [0.15, 0.2) is 11.5 Å². The van der Waals surface area contributed by atoms with Gasteiger partial charge in [-0.1, -0.05) is 84.8 Å². The lowest BCUT2D eigenvalue weighted by Gasteiger charge is -2.34. The highest BCUT2D eigenvalue weighted by molar-refractivity contribution is 7.92. The van der Waals surface area contributed by atoms with Gasteiger partial charge in [-0.25, -0.2) is 8.42 Å². The topological polar surface area (TPSA) is 105 Å². The maximum atomic E-state index is 14.7. The van der Waals surface area contributed by atoms with Crippen molar-refractivity contribution in [3.05, 3.63) is 119 Å². The van der Waals surface area contributed by atoms with Gasteiger partial charge >= 0.3 is 0 Å². The molecule has 10 heteroatoms. The molecule has 0 saturated carbocycles. The van der Waals surface area contributed by atoms with Crippen LogP contribution < -0.4 is 19.1 Å². The van der Waals surface area contributed by atoms with Crippen LogP contribution >= 0.6 is 0 Å². The summed E-state index contributed by atoms with van der Waals surface area (Å²) in [5.41, 5.74) is 3.93. The zero-order chi connectivity index (χ0) is 34.8. The fourth-order valence-corrected chi connectivity index (χ4v) is 6.78. The van der Waals surface area contributed by atoms with Gasteiger partial charge in [-0.3, -0.25) is 13.9 Å². The van der Waals surface area contributed by atoms with Gasteiger partial charge in [0.1, 0.15) is 12.6 Å². The molecule has 0 unspecified atom stereocenters. The lowest BCUT2D eigenvalue weighted by molar-refractivity contribution is -0.140. The number of amides is 2. The van der Waals surface area contributed by atoms with Crippen molar-refractivity contribution in [2.75, 3.05) is 25.1 Å². The summed E-state index contributed by atoms with van der Waals surface area (Å²) < 4.78 is 40.6. The number of aryl methyl sites for hydroxylation is 2. The lowest BCUT2D eigenvalue weighted by atomic mass is 10.0. The van der Waals surface area contributed by atoms with E-state index >= 15 is 0 Å². The fraction of sp³-hybridized carbons (Fsp3) is 0.316. The molecule has 0 bridgehead atoms.